The Balaban J connectivity index is 2.19. The Morgan fingerprint density at radius 3 is 3.00 bits per heavy atom. The molecule has 0 bridgehead atoms. The molecule has 1 aromatic carbocycles. The van der Waals surface area contributed by atoms with E-state index in [1.165, 1.54) is 17.3 Å². The Bertz CT molecular complexity index is 439. The monoisotopic (exact) mass is 315 g/mol. The van der Waals surface area contributed by atoms with Gasteiger partial charge >= 0.3 is 5.97 Å². The number of rotatable bonds is 2. The number of aryl methyl sites for hydroxylation is 1. The molecule has 1 aromatic rings. The first-order valence-electron chi connectivity index (χ1n) is 5.43. The number of carboxylic acid groups (broad SMARTS) is 1. The largest absolute Gasteiger partial charge is 0.480 e. The van der Waals surface area contributed by atoms with Crippen LogP contribution in [-0.2, 0) is 4.79 Å². The van der Waals surface area contributed by atoms with E-state index >= 15 is 0 Å². The summed E-state index contributed by atoms with van der Waals surface area (Å²) < 4.78 is 1.06. The third kappa shape index (κ3) is 2.96. The van der Waals surface area contributed by atoms with E-state index in [1.54, 1.807) is 0 Å². The Kier molecular flexibility index (Phi) is 3.99. The molecule has 0 spiro atoms. The summed E-state index contributed by atoms with van der Waals surface area (Å²) in [6.45, 7) is 3.55. The fourth-order valence-electron chi connectivity index (χ4n) is 1.99. The number of hydrogen-bond donors (Lipinski definition) is 1. The fourth-order valence-corrected chi connectivity index (χ4v) is 3.50. The van der Waals surface area contributed by atoms with E-state index in [0.717, 1.165) is 22.5 Å². The van der Waals surface area contributed by atoms with E-state index in [9.17, 15) is 4.79 Å². The van der Waals surface area contributed by atoms with Crippen molar-refractivity contribution in [3.05, 3.63) is 28.2 Å². The van der Waals surface area contributed by atoms with Gasteiger partial charge in [-0.1, -0.05) is 15.9 Å². The summed E-state index contributed by atoms with van der Waals surface area (Å²) in [5, 5.41) is 8.75. The molecule has 92 valence electrons. The molecular formula is C12H14BrNO2S. The van der Waals surface area contributed by atoms with Crippen molar-refractivity contribution in [2.24, 2.45) is 0 Å². The maximum absolute atomic E-state index is 11.0. The maximum Gasteiger partial charge on any atom is 0.318 e. The number of nitrogens with zero attached hydrogens (tertiary/aromatic N) is 1. The number of thioether (sulfide) groups is 1. The van der Waals surface area contributed by atoms with Crippen molar-refractivity contribution < 1.29 is 9.90 Å². The van der Waals surface area contributed by atoms with Gasteiger partial charge in [-0.15, -0.1) is 11.8 Å². The molecule has 1 aliphatic rings. The second-order valence-corrected chi connectivity index (χ2v) is 6.30. The second kappa shape index (κ2) is 5.31. The highest BCUT2D eigenvalue weighted by Crippen LogP contribution is 2.28. The van der Waals surface area contributed by atoms with Crippen LogP contribution in [0.25, 0.3) is 0 Å². The standard InChI is InChI=1S/C12H14BrNO2S/c1-8-6-9(13)2-3-10(8)14-4-5-17-11(7-14)12(15)16/h2-3,6,11H,4-5,7H2,1H3,(H,15,16). The molecule has 1 N–H and O–H groups in total. The molecule has 1 aliphatic heterocycles. The van der Waals surface area contributed by atoms with Crippen LogP contribution in [-0.4, -0.2) is 35.2 Å². The first-order chi connectivity index (χ1) is 8.08. The summed E-state index contributed by atoms with van der Waals surface area (Å²) in [4.78, 5) is 13.2. The lowest BCUT2D eigenvalue weighted by Gasteiger charge is -2.33. The highest BCUT2D eigenvalue weighted by Gasteiger charge is 2.26. The number of halogens is 1. The van der Waals surface area contributed by atoms with E-state index in [2.05, 4.69) is 33.8 Å². The van der Waals surface area contributed by atoms with Gasteiger partial charge in [0.05, 0.1) is 0 Å². The Morgan fingerprint density at radius 1 is 1.59 bits per heavy atom. The molecule has 5 heteroatoms. The first-order valence-corrected chi connectivity index (χ1v) is 7.27. The van der Waals surface area contributed by atoms with Crippen molar-refractivity contribution in [2.45, 2.75) is 12.2 Å². The molecule has 2 rings (SSSR count). The SMILES string of the molecule is Cc1cc(Br)ccc1N1CCSC(C(=O)O)C1. The van der Waals surface area contributed by atoms with Crippen LogP contribution in [0.2, 0.25) is 0 Å². The molecule has 1 fully saturated rings. The van der Waals surface area contributed by atoms with Gasteiger partial charge in [0.25, 0.3) is 0 Å². The van der Waals surface area contributed by atoms with Crippen molar-refractivity contribution in [1.29, 1.82) is 0 Å². The number of benzene rings is 1. The lowest BCUT2D eigenvalue weighted by molar-refractivity contribution is -0.136. The lowest BCUT2D eigenvalue weighted by Crippen LogP contribution is -2.41. The van der Waals surface area contributed by atoms with Gasteiger partial charge in [-0.05, 0) is 30.7 Å². The minimum Gasteiger partial charge on any atom is -0.480 e. The first kappa shape index (κ1) is 12.8. The van der Waals surface area contributed by atoms with Crippen LogP contribution in [0.1, 0.15) is 5.56 Å². The van der Waals surface area contributed by atoms with Crippen molar-refractivity contribution in [2.75, 3.05) is 23.7 Å². The minimum absolute atomic E-state index is 0.313. The topological polar surface area (TPSA) is 40.5 Å². The molecule has 1 heterocycles. The number of carbonyl (C=O) groups is 1. The molecule has 1 saturated heterocycles. The van der Waals surface area contributed by atoms with Crippen LogP contribution < -0.4 is 4.90 Å². The van der Waals surface area contributed by atoms with Gasteiger partial charge in [0, 0.05) is 29.0 Å². The van der Waals surface area contributed by atoms with Gasteiger partial charge in [0.15, 0.2) is 0 Å². The number of aliphatic carboxylic acids is 1. The molecule has 0 saturated carbocycles. The zero-order valence-corrected chi connectivity index (χ0v) is 11.9. The number of hydrogen-bond acceptors (Lipinski definition) is 3. The zero-order valence-electron chi connectivity index (χ0n) is 9.52. The third-order valence-corrected chi connectivity index (χ3v) is 4.51. The summed E-state index contributed by atoms with van der Waals surface area (Å²) in [5.41, 5.74) is 2.31. The molecular weight excluding hydrogens is 302 g/mol. The van der Waals surface area contributed by atoms with Gasteiger partial charge in [-0.3, -0.25) is 4.79 Å². The maximum atomic E-state index is 11.0. The van der Waals surface area contributed by atoms with Crippen LogP contribution in [0, 0.1) is 6.92 Å². The zero-order chi connectivity index (χ0) is 12.4. The smallest absolute Gasteiger partial charge is 0.318 e. The van der Waals surface area contributed by atoms with Crippen LogP contribution in [0.3, 0.4) is 0 Å². The summed E-state index contributed by atoms with van der Waals surface area (Å²) in [5.74, 6) is 0.154. The molecule has 17 heavy (non-hydrogen) atoms. The fraction of sp³-hybridized carbons (Fsp3) is 0.417. The van der Waals surface area contributed by atoms with Crippen LogP contribution in [0.5, 0.6) is 0 Å². The van der Waals surface area contributed by atoms with Crippen LogP contribution in [0.4, 0.5) is 5.69 Å². The summed E-state index contributed by atoms with van der Waals surface area (Å²) in [6.07, 6.45) is 0. The Hall–Kier alpha value is -0.680. The van der Waals surface area contributed by atoms with Crippen LogP contribution >= 0.6 is 27.7 Å². The summed E-state index contributed by atoms with van der Waals surface area (Å²) >= 11 is 4.97. The highest BCUT2D eigenvalue weighted by molar-refractivity contribution is 9.10. The number of anilines is 1. The Labute approximate surface area is 113 Å². The number of carboxylic acids is 1. The Morgan fingerprint density at radius 2 is 2.35 bits per heavy atom. The quantitative estimate of drug-likeness (QED) is 0.911. The lowest BCUT2D eigenvalue weighted by atomic mass is 10.1. The van der Waals surface area contributed by atoms with Crippen LogP contribution in [0.15, 0.2) is 22.7 Å². The normalized spacial score (nSPS) is 20.4. The minimum atomic E-state index is -0.713. The summed E-state index contributed by atoms with van der Waals surface area (Å²) in [6, 6.07) is 6.11. The average Bonchev–Trinajstić information content (AvgIpc) is 2.29. The van der Waals surface area contributed by atoms with Gasteiger partial charge in [-0.2, -0.15) is 0 Å². The molecule has 1 unspecified atom stereocenters. The molecule has 0 aromatic heterocycles. The highest BCUT2D eigenvalue weighted by atomic mass is 79.9. The molecule has 1 atom stereocenters. The molecule has 3 nitrogen and oxygen atoms in total. The van der Waals surface area contributed by atoms with E-state index in [-0.39, 0.29) is 5.25 Å². The van der Waals surface area contributed by atoms with Crippen molar-refractivity contribution in [3.63, 3.8) is 0 Å². The molecule has 0 radical (unpaired) electrons. The van der Waals surface area contributed by atoms with E-state index in [1.807, 2.05) is 12.1 Å². The van der Waals surface area contributed by atoms with Crippen molar-refractivity contribution >= 4 is 39.3 Å². The molecule has 0 aliphatic carbocycles. The molecule has 0 amide bonds. The average molecular weight is 316 g/mol. The van der Waals surface area contributed by atoms with Crippen molar-refractivity contribution in [1.82, 2.24) is 0 Å². The van der Waals surface area contributed by atoms with Gasteiger partial charge in [0.2, 0.25) is 0 Å². The van der Waals surface area contributed by atoms with E-state index in [4.69, 9.17) is 5.11 Å². The second-order valence-electron chi connectivity index (χ2n) is 4.07. The van der Waals surface area contributed by atoms with E-state index in [0.29, 0.717) is 6.54 Å². The van der Waals surface area contributed by atoms with E-state index < -0.39 is 5.97 Å². The predicted molar refractivity (Wildman–Crippen MR) is 75.0 cm³/mol. The van der Waals surface area contributed by atoms with Crippen molar-refractivity contribution in [3.8, 4) is 0 Å². The third-order valence-electron chi connectivity index (χ3n) is 2.84. The summed E-state index contributed by atoms with van der Waals surface area (Å²) in [7, 11) is 0. The van der Waals surface area contributed by atoms with Gasteiger partial charge < -0.3 is 10.0 Å². The predicted octanol–water partition coefficient (Wildman–Crippen LogP) is 2.76. The van der Waals surface area contributed by atoms with Gasteiger partial charge in [0.1, 0.15) is 5.25 Å². The van der Waals surface area contributed by atoms with Gasteiger partial charge in [-0.25, -0.2) is 0 Å².